The van der Waals surface area contributed by atoms with E-state index in [9.17, 15) is 5.11 Å². The van der Waals surface area contributed by atoms with E-state index in [0.29, 0.717) is 17.3 Å². The molecule has 1 unspecified atom stereocenters. The molecule has 2 rings (SSSR count). The van der Waals surface area contributed by atoms with Crippen LogP contribution in [-0.4, -0.2) is 18.8 Å². The number of aliphatic hydroxyl groups is 1. The summed E-state index contributed by atoms with van der Waals surface area (Å²) in [4.78, 5) is 0. The molecule has 1 N–H and O–H groups in total. The second-order valence-corrected chi connectivity index (χ2v) is 3.99. The van der Waals surface area contributed by atoms with Gasteiger partial charge in [0.25, 0.3) is 0 Å². The van der Waals surface area contributed by atoms with Crippen molar-refractivity contribution < 1.29 is 19.0 Å². The predicted molar refractivity (Wildman–Crippen MR) is 67.2 cm³/mol. The SMILES string of the molecule is COc1ccccc1OCC(O)c1ccc(Cl)o1. The number of methoxy groups -OCH3 is 1. The standard InChI is InChI=1S/C13H13ClO4/c1-16-11-4-2-3-5-12(11)17-8-9(15)10-6-7-13(14)18-10/h2-7,9,15H,8H2,1H3. The third-order valence-electron chi connectivity index (χ3n) is 2.39. The van der Waals surface area contributed by atoms with E-state index in [1.165, 1.54) is 0 Å². The van der Waals surface area contributed by atoms with Crippen molar-refractivity contribution in [1.29, 1.82) is 0 Å². The van der Waals surface area contributed by atoms with Crippen molar-refractivity contribution in [2.24, 2.45) is 0 Å². The Bertz CT molecular complexity index is 509. The van der Waals surface area contributed by atoms with Crippen LogP contribution in [0.1, 0.15) is 11.9 Å². The van der Waals surface area contributed by atoms with Gasteiger partial charge in [-0.2, -0.15) is 0 Å². The number of para-hydroxylation sites is 2. The molecule has 1 heterocycles. The second kappa shape index (κ2) is 5.80. The summed E-state index contributed by atoms with van der Waals surface area (Å²) < 4.78 is 15.7. The topological polar surface area (TPSA) is 51.8 Å². The third-order valence-corrected chi connectivity index (χ3v) is 2.59. The summed E-state index contributed by atoms with van der Waals surface area (Å²) in [6, 6.07) is 10.4. The van der Waals surface area contributed by atoms with Crippen molar-refractivity contribution >= 4 is 11.6 Å². The Morgan fingerprint density at radius 2 is 1.94 bits per heavy atom. The van der Waals surface area contributed by atoms with E-state index in [-0.39, 0.29) is 11.8 Å². The molecule has 96 valence electrons. The summed E-state index contributed by atoms with van der Waals surface area (Å²) in [6.07, 6.45) is -0.873. The summed E-state index contributed by atoms with van der Waals surface area (Å²) in [7, 11) is 1.56. The van der Waals surface area contributed by atoms with Gasteiger partial charge in [0.15, 0.2) is 16.7 Å². The number of furan rings is 1. The van der Waals surface area contributed by atoms with Crippen LogP contribution in [0.3, 0.4) is 0 Å². The van der Waals surface area contributed by atoms with Crippen LogP contribution in [0.15, 0.2) is 40.8 Å². The van der Waals surface area contributed by atoms with E-state index in [1.54, 1.807) is 31.4 Å². The van der Waals surface area contributed by atoms with Gasteiger partial charge in [-0.1, -0.05) is 12.1 Å². The van der Waals surface area contributed by atoms with Crippen LogP contribution < -0.4 is 9.47 Å². The monoisotopic (exact) mass is 268 g/mol. The Balaban J connectivity index is 1.99. The quantitative estimate of drug-likeness (QED) is 0.905. The highest BCUT2D eigenvalue weighted by Gasteiger charge is 2.14. The van der Waals surface area contributed by atoms with E-state index >= 15 is 0 Å². The molecule has 0 amide bonds. The first-order chi connectivity index (χ1) is 8.70. The number of hydrogen-bond donors (Lipinski definition) is 1. The Morgan fingerprint density at radius 3 is 2.56 bits per heavy atom. The molecule has 0 bridgehead atoms. The van der Waals surface area contributed by atoms with Gasteiger partial charge >= 0.3 is 0 Å². The molecule has 0 aliphatic heterocycles. The Morgan fingerprint density at radius 1 is 1.22 bits per heavy atom. The van der Waals surface area contributed by atoms with E-state index in [1.807, 2.05) is 12.1 Å². The lowest BCUT2D eigenvalue weighted by Crippen LogP contribution is -2.09. The molecule has 2 aromatic rings. The number of hydrogen-bond acceptors (Lipinski definition) is 4. The van der Waals surface area contributed by atoms with Gasteiger partial charge in [0.2, 0.25) is 0 Å². The molecular weight excluding hydrogens is 256 g/mol. The zero-order valence-corrected chi connectivity index (χ0v) is 10.6. The van der Waals surface area contributed by atoms with E-state index < -0.39 is 6.10 Å². The molecule has 1 atom stereocenters. The zero-order valence-electron chi connectivity index (χ0n) is 9.80. The van der Waals surface area contributed by atoms with Crippen LogP contribution in [-0.2, 0) is 0 Å². The van der Waals surface area contributed by atoms with Crippen LogP contribution in [0, 0.1) is 0 Å². The first-order valence-electron chi connectivity index (χ1n) is 5.40. The number of halogens is 1. The molecule has 0 saturated carbocycles. The minimum Gasteiger partial charge on any atom is -0.493 e. The highest BCUT2D eigenvalue weighted by atomic mass is 35.5. The molecule has 0 radical (unpaired) electrons. The van der Waals surface area contributed by atoms with Gasteiger partial charge in [0.05, 0.1) is 7.11 Å². The lowest BCUT2D eigenvalue weighted by atomic mass is 10.3. The molecule has 0 saturated heterocycles. The van der Waals surface area contributed by atoms with E-state index in [0.717, 1.165) is 0 Å². The van der Waals surface area contributed by atoms with Crippen molar-refractivity contribution in [2.75, 3.05) is 13.7 Å². The van der Waals surface area contributed by atoms with Crippen molar-refractivity contribution in [3.8, 4) is 11.5 Å². The second-order valence-electron chi connectivity index (χ2n) is 3.62. The molecule has 0 fully saturated rings. The van der Waals surface area contributed by atoms with Crippen molar-refractivity contribution in [1.82, 2.24) is 0 Å². The highest BCUT2D eigenvalue weighted by molar-refractivity contribution is 6.28. The number of aliphatic hydroxyl groups excluding tert-OH is 1. The summed E-state index contributed by atoms with van der Waals surface area (Å²) in [6.45, 7) is 0.0597. The third kappa shape index (κ3) is 2.97. The normalized spacial score (nSPS) is 12.2. The lowest BCUT2D eigenvalue weighted by Gasteiger charge is -2.12. The first kappa shape index (κ1) is 12.8. The summed E-state index contributed by atoms with van der Waals surface area (Å²) in [5.74, 6) is 1.55. The average Bonchev–Trinajstić information content (AvgIpc) is 2.83. The number of benzene rings is 1. The molecule has 18 heavy (non-hydrogen) atoms. The molecule has 5 heteroatoms. The number of rotatable bonds is 5. The fourth-order valence-electron chi connectivity index (χ4n) is 1.50. The van der Waals surface area contributed by atoms with Crippen molar-refractivity contribution in [2.45, 2.75) is 6.10 Å². The maximum Gasteiger partial charge on any atom is 0.193 e. The molecule has 0 spiro atoms. The molecule has 1 aromatic heterocycles. The lowest BCUT2D eigenvalue weighted by molar-refractivity contribution is 0.0874. The molecule has 4 nitrogen and oxygen atoms in total. The molecule has 1 aromatic carbocycles. The Hall–Kier alpha value is -1.65. The molecular formula is C13H13ClO4. The molecule has 0 aliphatic rings. The minimum absolute atomic E-state index is 0.0597. The van der Waals surface area contributed by atoms with Gasteiger partial charge in [-0.05, 0) is 35.9 Å². The summed E-state index contributed by atoms with van der Waals surface area (Å²) >= 11 is 5.63. The Labute approximate surface area is 110 Å². The average molecular weight is 269 g/mol. The highest BCUT2D eigenvalue weighted by Crippen LogP contribution is 2.27. The summed E-state index contributed by atoms with van der Waals surface area (Å²) in [5, 5.41) is 10.1. The van der Waals surface area contributed by atoms with Crippen molar-refractivity contribution in [3.05, 3.63) is 47.4 Å². The maximum atomic E-state index is 9.84. The van der Waals surface area contributed by atoms with Gasteiger partial charge in [-0.25, -0.2) is 0 Å². The van der Waals surface area contributed by atoms with Crippen molar-refractivity contribution in [3.63, 3.8) is 0 Å². The fraction of sp³-hybridized carbons (Fsp3) is 0.231. The molecule has 0 aliphatic carbocycles. The largest absolute Gasteiger partial charge is 0.493 e. The van der Waals surface area contributed by atoms with E-state index in [4.69, 9.17) is 25.5 Å². The first-order valence-corrected chi connectivity index (χ1v) is 5.77. The van der Waals surface area contributed by atoms with Gasteiger partial charge in [0, 0.05) is 0 Å². The van der Waals surface area contributed by atoms with Crippen LogP contribution in [0.4, 0.5) is 0 Å². The van der Waals surface area contributed by atoms with Crippen LogP contribution in [0.2, 0.25) is 5.22 Å². The fourth-order valence-corrected chi connectivity index (χ4v) is 1.65. The predicted octanol–water partition coefficient (Wildman–Crippen LogP) is 3.05. The minimum atomic E-state index is -0.873. The van der Waals surface area contributed by atoms with Crippen LogP contribution in [0.25, 0.3) is 0 Å². The van der Waals surface area contributed by atoms with Crippen LogP contribution in [0.5, 0.6) is 11.5 Å². The van der Waals surface area contributed by atoms with Gasteiger partial charge in [-0.15, -0.1) is 0 Å². The summed E-state index contributed by atoms with van der Waals surface area (Å²) in [5.41, 5.74) is 0. The number of ether oxygens (including phenoxy) is 2. The smallest absolute Gasteiger partial charge is 0.193 e. The van der Waals surface area contributed by atoms with Crippen LogP contribution >= 0.6 is 11.6 Å². The van der Waals surface area contributed by atoms with Gasteiger partial charge < -0.3 is 19.0 Å². The zero-order chi connectivity index (χ0) is 13.0. The maximum absolute atomic E-state index is 9.84. The Kier molecular flexibility index (Phi) is 4.12. The van der Waals surface area contributed by atoms with Gasteiger partial charge in [-0.3, -0.25) is 0 Å². The van der Waals surface area contributed by atoms with Gasteiger partial charge in [0.1, 0.15) is 18.5 Å². The van der Waals surface area contributed by atoms with E-state index in [2.05, 4.69) is 0 Å².